The standard InChI is InChI=1S/C17H17N3O6/c1-4-26-13-5-10(16(21)22)11(6-12(13)24-2)20-8-9(7-18)14(19)15(20)17(23)25-3/h5-6,8H,4,19H2,1-3H3,(H,21,22). The number of anilines is 1. The molecule has 0 spiro atoms. The van der Waals surface area contributed by atoms with Crippen molar-refractivity contribution in [2.45, 2.75) is 6.92 Å². The van der Waals surface area contributed by atoms with Gasteiger partial charge in [-0.05, 0) is 6.92 Å². The monoisotopic (exact) mass is 359 g/mol. The minimum absolute atomic E-state index is 0.00888. The first kappa shape index (κ1) is 18.7. The van der Waals surface area contributed by atoms with Crippen LogP contribution in [0.25, 0.3) is 5.69 Å². The van der Waals surface area contributed by atoms with Gasteiger partial charge >= 0.3 is 11.9 Å². The van der Waals surface area contributed by atoms with Gasteiger partial charge in [0.05, 0.1) is 43.3 Å². The predicted molar refractivity (Wildman–Crippen MR) is 90.9 cm³/mol. The summed E-state index contributed by atoms with van der Waals surface area (Å²) in [5, 5.41) is 18.8. The molecular weight excluding hydrogens is 342 g/mol. The number of aromatic carboxylic acids is 1. The van der Waals surface area contributed by atoms with Gasteiger partial charge in [-0.3, -0.25) is 0 Å². The highest BCUT2D eigenvalue weighted by atomic mass is 16.5. The van der Waals surface area contributed by atoms with E-state index in [1.165, 1.54) is 30.0 Å². The second-order valence-electron chi connectivity index (χ2n) is 5.04. The first-order valence-corrected chi connectivity index (χ1v) is 7.47. The molecule has 26 heavy (non-hydrogen) atoms. The van der Waals surface area contributed by atoms with Gasteiger partial charge in [0.1, 0.15) is 6.07 Å². The SMILES string of the molecule is CCOc1cc(C(=O)O)c(-n2cc(C#N)c(N)c2C(=O)OC)cc1OC. The average Bonchev–Trinajstić information content (AvgIpc) is 2.97. The number of nitrogen functional groups attached to an aromatic ring is 1. The van der Waals surface area contributed by atoms with Crippen LogP contribution in [-0.2, 0) is 4.74 Å². The highest BCUT2D eigenvalue weighted by molar-refractivity contribution is 5.98. The lowest BCUT2D eigenvalue weighted by Crippen LogP contribution is -2.14. The molecular formula is C17H17N3O6. The third-order valence-corrected chi connectivity index (χ3v) is 3.62. The van der Waals surface area contributed by atoms with Gasteiger partial charge in [0.25, 0.3) is 0 Å². The van der Waals surface area contributed by atoms with Crippen LogP contribution < -0.4 is 15.2 Å². The first-order chi connectivity index (χ1) is 12.4. The summed E-state index contributed by atoms with van der Waals surface area (Å²) >= 11 is 0. The van der Waals surface area contributed by atoms with E-state index in [1.807, 2.05) is 6.07 Å². The Labute approximate surface area is 149 Å². The van der Waals surface area contributed by atoms with Gasteiger partial charge in [0, 0.05) is 18.3 Å². The summed E-state index contributed by atoms with van der Waals surface area (Å²) in [6, 6.07) is 4.53. The summed E-state index contributed by atoms with van der Waals surface area (Å²) in [5.74, 6) is -1.58. The maximum atomic E-state index is 12.1. The van der Waals surface area contributed by atoms with Crippen molar-refractivity contribution in [3.8, 4) is 23.3 Å². The van der Waals surface area contributed by atoms with E-state index >= 15 is 0 Å². The summed E-state index contributed by atoms with van der Waals surface area (Å²) in [6.07, 6.45) is 1.27. The molecule has 9 nitrogen and oxygen atoms in total. The molecule has 136 valence electrons. The Kier molecular flexibility index (Phi) is 5.37. The Balaban J connectivity index is 2.85. The van der Waals surface area contributed by atoms with Gasteiger partial charge in [0.2, 0.25) is 0 Å². The molecule has 0 saturated heterocycles. The highest BCUT2D eigenvalue weighted by Gasteiger charge is 2.26. The zero-order valence-electron chi connectivity index (χ0n) is 14.4. The van der Waals surface area contributed by atoms with Crippen molar-refractivity contribution in [2.24, 2.45) is 0 Å². The average molecular weight is 359 g/mol. The van der Waals surface area contributed by atoms with Gasteiger partial charge in [-0.25, -0.2) is 9.59 Å². The number of carboxylic acids is 1. The fourth-order valence-electron chi connectivity index (χ4n) is 2.45. The molecule has 1 aromatic carbocycles. The second-order valence-corrected chi connectivity index (χ2v) is 5.04. The lowest BCUT2D eigenvalue weighted by molar-refractivity contribution is 0.0590. The molecule has 2 rings (SSSR count). The number of nitrogens with two attached hydrogens (primary N) is 1. The number of carboxylic acid groups (broad SMARTS) is 1. The number of methoxy groups -OCH3 is 2. The van der Waals surface area contributed by atoms with E-state index in [0.29, 0.717) is 6.61 Å². The molecule has 0 radical (unpaired) electrons. The molecule has 2 aromatic rings. The zero-order valence-corrected chi connectivity index (χ0v) is 14.4. The van der Waals surface area contributed by atoms with Crippen LogP contribution in [-0.4, -0.2) is 42.4 Å². The number of benzene rings is 1. The molecule has 1 heterocycles. The Morgan fingerprint density at radius 3 is 2.50 bits per heavy atom. The number of ether oxygens (including phenoxy) is 3. The molecule has 3 N–H and O–H groups in total. The van der Waals surface area contributed by atoms with Crippen LogP contribution >= 0.6 is 0 Å². The van der Waals surface area contributed by atoms with Gasteiger partial charge in [-0.2, -0.15) is 5.26 Å². The van der Waals surface area contributed by atoms with Gasteiger partial charge < -0.3 is 29.6 Å². The number of hydrogen-bond donors (Lipinski definition) is 2. The van der Waals surface area contributed by atoms with Gasteiger partial charge in [-0.15, -0.1) is 0 Å². The minimum Gasteiger partial charge on any atom is -0.493 e. The van der Waals surface area contributed by atoms with E-state index < -0.39 is 11.9 Å². The predicted octanol–water partition coefficient (Wildman–Crippen LogP) is 1.82. The first-order valence-electron chi connectivity index (χ1n) is 7.47. The summed E-state index contributed by atoms with van der Waals surface area (Å²) in [6.45, 7) is 2.05. The Morgan fingerprint density at radius 1 is 1.31 bits per heavy atom. The quantitative estimate of drug-likeness (QED) is 0.745. The van der Waals surface area contributed by atoms with E-state index in [1.54, 1.807) is 6.92 Å². The molecule has 0 saturated carbocycles. The molecule has 0 fully saturated rings. The van der Waals surface area contributed by atoms with E-state index in [9.17, 15) is 20.0 Å². The van der Waals surface area contributed by atoms with Crippen molar-refractivity contribution < 1.29 is 28.9 Å². The number of rotatable bonds is 6. The Hall–Kier alpha value is -3.67. The topological polar surface area (TPSA) is 137 Å². The van der Waals surface area contributed by atoms with Crippen molar-refractivity contribution in [1.29, 1.82) is 5.26 Å². The lowest BCUT2D eigenvalue weighted by atomic mass is 10.1. The highest BCUT2D eigenvalue weighted by Crippen LogP contribution is 2.35. The van der Waals surface area contributed by atoms with Crippen molar-refractivity contribution in [3.63, 3.8) is 0 Å². The largest absolute Gasteiger partial charge is 0.493 e. The Morgan fingerprint density at radius 2 is 2.00 bits per heavy atom. The van der Waals surface area contributed by atoms with E-state index in [0.717, 1.165) is 7.11 Å². The van der Waals surface area contributed by atoms with Gasteiger partial charge in [-0.1, -0.05) is 0 Å². The zero-order chi connectivity index (χ0) is 19.4. The number of hydrogen-bond acceptors (Lipinski definition) is 7. The van der Waals surface area contributed by atoms with Crippen LogP contribution in [0.1, 0.15) is 33.3 Å². The fourth-order valence-corrected chi connectivity index (χ4v) is 2.45. The number of nitrogens with zero attached hydrogens (tertiary/aromatic N) is 2. The van der Waals surface area contributed by atoms with Crippen LogP contribution in [0.15, 0.2) is 18.3 Å². The molecule has 0 aliphatic carbocycles. The molecule has 0 atom stereocenters. The normalized spacial score (nSPS) is 10.1. The summed E-state index contributed by atoms with van der Waals surface area (Å²) in [4.78, 5) is 23.9. The molecule has 0 unspecified atom stereocenters. The third-order valence-electron chi connectivity index (χ3n) is 3.62. The molecule has 0 aliphatic rings. The minimum atomic E-state index is -1.26. The smallest absolute Gasteiger partial charge is 0.357 e. The molecule has 0 amide bonds. The van der Waals surface area contributed by atoms with Gasteiger partial charge in [0.15, 0.2) is 17.2 Å². The van der Waals surface area contributed by atoms with Crippen LogP contribution in [0, 0.1) is 11.3 Å². The fraction of sp³-hybridized carbons (Fsp3) is 0.235. The maximum Gasteiger partial charge on any atom is 0.357 e. The van der Waals surface area contributed by atoms with Crippen molar-refractivity contribution in [3.05, 3.63) is 35.2 Å². The second kappa shape index (κ2) is 7.48. The van der Waals surface area contributed by atoms with Crippen LogP contribution in [0.2, 0.25) is 0 Å². The number of nitriles is 1. The summed E-state index contributed by atoms with van der Waals surface area (Å²) in [7, 11) is 2.55. The van der Waals surface area contributed by atoms with Crippen molar-refractivity contribution in [1.82, 2.24) is 4.57 Å². The number of carbonyl (C=O) groups excluding carboxylic acids is 1. The number of esters is 1. The van der Waals surface area contributed by atoms with E-state index in [4.69, 9.17) is 19.9 Å². The molecule has 0 aliphatic heterocycles. The van der Waals surface area contributed by atoms with Crippen LogP contribution in [0.3, 0.4) is 0 Å². The molecule has 9 heteroatoms. The Bertz CT molecular complexity index is 910. The number of aromatic nitrogens is 1. The summed E-state index contributed by atoms with van der Waals surface area (Å²) in [5.41, 5.74) is 5.51. The third kappa shape index (κ3) is 3.12. The lowest BCUT2D eigenvalue weighted by Gasteiger charge is -2.16. The number of carbonyl (C=O) groups is 2. The van der Waals surface area contributed by atoms with Crippen LogP contribution in [0.4, 0.5) is 5.69 Å². The van der Waals surface area contributed by atoms with E-state index in [-0.39, 0.29) is 39.7 Å². The molecule has 0 bridgehead atoms. The summed E-state index contributed by atoms with van der Waals surface area (Å²) < 4.78 is 16.5. The maximum absolute atomic E-state index is 12.1. The van der Waals surface area contributed by atoms with Crippen LogP contribution in [0.5, 0.6) is 11.5 Å². The van der Waals surface area contributed by atoms with Crippen molar-refractivity contribution >= 4 is 17.6 Å². The molecule has 1 aromatic heterocycles. The van der Waals surface area contributed by atoms with Crippen molar-refractivity contribution in [2.75, 3.05) is 26.6 Å². The van der Waals surface area contributed by atoms with E-state index in [2.05, 4.69) is 0 Å².